The largest absolute Gasteiger partial charge is 0.495 e. The fraction of sp³-hybridized carbons (Fsp3) is 0.591. The summed E-state index contributed by atoms with van der Waals surface area (Å²) in [5.41, 5.74) is -0.230. The van der Waals surface area contributed by atoms with Gasteiger partial charge >= 0.3 is 0 Å². The van der Waals surface area contributed by atoms with E-state index in [1.54, 1.807) is 26.8 Å². The van der Waals surface area contributed by atoms with E-state index in [9.17, 15) is 25.2 Å². The molecule has 0 bridgehead atoms. The molecule has 1 aromatic heterocycles. The van der Waals surface area contributed by atoms with Crippen LogP contribution in [0.15, 0.2) is 21.3 Å². The molecule has 4 N–H and O–H groups in total. The monoisotopic (exact) mass is 452 g/mol. The molecule has 0 saturated carbocycles. The predicted molar refractivity (Wildman–Crippen MR) is 111 cm³/mol. The first-order valence-electron chi connectivity index (χ1n) is 10.4. The Balaban J connectivity index is 1.62. The molecule has 6 atom stereocenters. The number of benzene rings is 1. The molecule has 1 fully saturated rings. The molecule has 2 aliphatic heterocycles. The highest BCUT2D eigenvalue weighted by Crippen LogP contribution is 2.44. The summed E-state index contributed by atoms with van der Waals surface area (Å²) in [7, 11) is 1.47. The molecule has 0 spiro atoms. The highest BCUT2D eigenvalue weighted by atomic mass is 16.7. The van der Waals surface area contributed by atoms with Gasteiger partial charge in [0.25, 0.3) is 0 Å². The molecule has 10 heteroatoms. The normalized spacial score (nSPS) is 30.2. The van der Waals surface area contributed by atoms with E-state index >= 15 is 0 Å². The van der Waals surface area contributed by atoms with Crippen molar-refractivity contribution in [1.29, 1.82) is 0 Å². The van der Waals surface area contributed by atoms with Gasteiger partial charge in [-0.05, 0) is 20.8 Å². The van der Waals surface area contributed by atoms with E-state index in [0.29, 0.717) is 40.2 Å². The van der Waals surface area contributed by atoms with Crippen molar-refractivity contribution in [2.24, 2.45) is 0 Å². The smallest absolute Gasteiger partial charge is 0.196 e. The highest BCUT2D eigenvalue weighted by Gasteiger charge is 2.48. The molecular weight excluding hydrogens is 424 g/mol. The van der Waals surface area contributed by atoms with Crippen molar-refractivity contribution in [3.8, 4) is 11.5 Å². The van der Waals surface area contributed by atoms with E-state index in [1.165, 1.54) is 13.2 Å². The third kappa shape index (κ3) is 3.76. The number of hydrogen-bond donors (Lipinski definition) is 4. The van der Waals surface area contributed by atoms with Crippen LogP contribution in [0.3, 0.4) is 0 Å². The highest BCUT2D eigenvalue weighted by molar-refractivity contribution is 5.87. The summed E-state index contributed by atoms with van der Waals surface area (Å²) in [6.45, 7) is 4.58. The molecule has 1 saturated heterocycles. The summed E-state index contributed by atoms with van der Waals surface area (Å²) in [6.07, 6.45) is -7.17. The maximum absolute atomic E-state index is 12.6. The lowest BCUT2D eigenvalue weighted by Crippen LogP contribution is -2.61. The van der Waals surface area contributed by atoms with Crippen LogP contribution in [0.1, 0.15) is 25.2 Å². The number of ether oxygens (including phenoxy) is 4. The molecular formula is C22H28O10. The molecule has 0 amide bonds. The summed E-state index contributed by atoms with van der Waals surface area (Å²) in [5, 5.41) is 40.1. The van der Waals surface area contributed by atoms with Gasteiger partial charge in [0.15, 0.2) is 11.7 Å². The molecule has 2 aromatic rings. The fourth-order valence-electron chi connectivity index (χ4n) is 4.26. The summed E-state index contributed by atoms with van der Waals surface area (Å²) in [6, 6.07) is 3.04. The summed E-state index contributed by atoms with van der Waals surface area (Å²) in [5.74, 6) is 1.32. The Kier molecular flexibility index (Phi) is 5.95. The molecule has 10 nitrogen and oxygen atoms in total. The summed E-state index contributed by atoms with van der Waals surface area (Å²) >= 11 is 0. The minimum atomic E-state index is -1.55. The standard InChI is InChI=1S/C22H28O10/c1-9-5-11(24)16-13(29-9)7-12-10(20(16)28-4)6-15(30-12)22(2,3)32-21-19(27)18(26)17(25)14(8-23)31-21/h5,7,14-15,17-19,21,23,25-27H,6,8H2,1-4H3/t14-,15?,17-,18-,19-,21-/m1/s1. The van der Waals surface area contributed by atoms with Crippen molar-refractivity contribution in [2.45, 2.75) is 69.6 Å². The third-order valence-corrected chi connectivity index (χ3v) is 6.07. The van der Waals surface area contributed by atoms with Crippen LogP contribution in [-0.4, -0.2) is 76.6 Å². The van der Waals surface area contributed by atoms with Crippen molar-refractivity contribution in [2.75, 3.05) is 13.7 Å². The van der Waals surface area contributed by atoms with Gasteiger partial charge in [0.2, 0.25) is 0 Å². The molecule has 0 radical (unpaired) electrons. The molecule has 0 aliphatic carbocycles. The molecule has 1 aromatic carbocycles. The second kappa shape index (κ2) is 8.29. The molecule has 1 unspecified atom stereocenters. The molecule has 32 heavy (non-hydrogen) atoms. The second-order valence-corrected chi connectivity index (χ2v) is 8.71. The molecule has 3 heterocycles. The van der Waals surface area contributed by atoms with Crippen molar-refractivity contribution >= 4 is 11.0 Å². The average Bonchev–Trinajstić information content (AvgIpc) is 3.17. The van der Waals surface area contributed by atoms with Crippen LogP contribution < -0.4 is 14.9 Å². The van der Waals surface area contributed by atoms with E-state index in [1.807, 2.05) is 0 Å². The Labute approximate surface area is 183 Å². The van der Waals surface area contributed by atoms with E-state index < -0.39 is 49.0 Å². The minimum absolute atomic E-state index is 0.219. The number of hydrogen-bond acceptors (Lipinski definition) is 10. The number of aliphatic hydroxyl groups excluding tert-OH is 4. The van der Waals surface area contributed by atoms with Gasteiger partial charge in [-0.2, -0.15) is 0 Å². The number of rotatable bonds is 5. The van der Waals surface area contributed by atoms with Crippen molar-refractivity contribution in [3.05, 3.63) is 33.7 Å². The Hall–Kier alpha value is -2.21. The van der Waals surface area contributed by atoms with E-state index in [0.717, 1.165) is 0 Å². The summed E-state index contributed by atoms with van der Waals surface area (Å²) < 4.78 is 28.8. The van der Waals surface area contributed by atoms with Crippen LogP contribution >= 0.6 is 0 Å². The zero-order valence-electron chi connectivity index (χ0n) is 18.3. The first kappa shape index (κ1) is 23.0. The van der Waals surface area contributed by atoms with Crippen LogP contribution in [-0.2, 0) is 15.9 Å². The van der Waals surface area contributed by atoms with E-state index in [4.69, 9.17) is 23.4 Å². The lowest BCUT2D eigenvalue weighted by atomic mass is 9.94. The first-order chi connectivity index (χ1) is 15.1. The van der Waals surface area contributed by atoms with E-state index in [-0.39, 0.29) is 5.43 Å². The Bertz CT molecular complexity index is 1060. The fourth-order valence-corrected chi connectivity index (χ4v) is 4.26. The van der Waals surface area contributed by atoms with Gasteiger partial charge in [-0.1, -0.05) is 0 Å². The second-order valence-electron chi connectivity index (χ2n) is 8.71. The zero-order chi connectivity index (χ0) is 23.4. The topological polar surface area (TPSA) is 148 Å². The van der Waals surface area contributed by atoms with Gasteiger partial charge in [-0.15, -0.1) is 0 Å². The maximum Gasteiger partial charge on any atom is 0.196 e. The van der Waals surface area contributed by atoms with Crippen LogP contribution in [0.5, 0.6) is 11.5 Å². The van der Waals surface area contributed by atoms with Gasteiger partial charge in [0.05, 0.1) is 13.7 Å². The van der Waals surface area contributed by atoms with Gasteiger partial charge in [-0.3, -0.25) is 4.79 Å². The average molecular weight is 452 g/mol. The number of methoxy groups -OCH3 is 1. The lowest BCUT2D eigenvalue weighted by Gasteiger charge is -2.43. The Morgan fingerprint density at radius 1 is 1.16 bits per heavy atom. The SMILES string of the molecule is COc1c2c(cc3oc(C)cc(=O)c13)OC(C(C)(C)O[C@H]1O[C@H](CO)[C@@H](O)[C@@H](O)[C@H]1O)C2. The lowest BCUT2D eigenvalue weighted by molar-refractivity contribution is -0.329. The minimum Gasteiger partial charge on any atom is -0.495 e. The third-order valence-electron chi connectivity index (χ3n) is 6.07. The Morgan fingerprint density at radius 2 is 1.88 bits per heavy atom. The first-order valence-corrected chi connectivity index (χ1v) is 10.4. The quantitative estimate of drug-likeness (QED) is 0.489. The number of aliphatic hydroxyl groups is 4. The van der Waals surface area contributed by atoms with Crippen molar-refractivity contribution in [1.82, 2.24) is 0 Å². The van der Waals surface area contributed by atoms with Crippen LogP contribution in [0.4, 0.5) is 0 Å². The molecule has 4 rings (SSSR count). The van der Waals surface area contributed by atoms with Gasteiger partial charge in [0, 0.05) is 24.1 Å². The van der Waals surface area contributed by atoms with Gasteiger partial charge < -0.3 is 43.8 Å². The molecule has 2 aliphatic rings. The summed E-state index contributed by atoms with van der Waals surface area (Å²) in [4.78, 5) is 12.6. The van der Waals surface area contributed by atoms with Gasteiger partial charge in [0.1, 0.15) is 64.3 Å². The van der Waals surface area contributed by atoms with Crippen molar-refractivity contribution in [3.63, 3.8) is 0 Å². The van der Waals surface area contributed by atoms with Crippen LogP contribution in [0.2, 0.25) is 0 Å². The predicted octanol–water partition coefficient (Wildman–Crippen LogP) is 0.00862. The van der Waals surface area contributed by atoms with Crippen molar-refractivity contribution < 1.29 is 43.8 Å². The Morgan fingerprint density at radius 3 is 2.53 bits per heavy atom. The van der Waals surface area contributed by atoms with E-state index in [2.05, 4.69) is 0 Å². The van der Waals surface area contributed by atoms with Gasteiger partial charge in [-0.25, -0.2) is 0 Å². The number of aryl methyl sites for hydroxylation is 1. The number of fused-ring (bicyclic) bond motifs is 2. The van der Waals surface area contributed by atoms with Crippen LogP contribution in [0.25, 0.3) is 11.0 Å². The maximum atomic E-state index is 12.6. The van der Waals surface area contributed by atoms with Crippen LogP contribution in [0, 0.1) is 6.92 Å². The zero-order valence-corrected chi connectivity index (χ0v) is 18.3. The molecule has 176 valence electrons.